The monoisotopic (exact) mass is 430 g/mol. The Morgan fingerprint density at radius 1 is 0.906 bits per heavy atom. The zero-order valence-corrected chi connectivity index (χ0v) is 17.9. The van der Waals surface area contributed by atoms with E-state index in [0.717, 1.165) is 16.7 Å². The number of amides is 2. The molecule has 3 aromatic carbocycles. The van der Waals surface area contributed by atoms with Crippen molar-refractivity contribution < 1.29 is 14.0 Å². The van der Waals surface area contributed by atoms with Gasteiger partial charge in [-0.1, -0.05) is 72.8 Å². The van der Waals surface area contributed by atoms with Crippen LogP contribution in [0.25, 0.3) is 0 Å². The summed E-state index contributed by atoms with van der Waals surface area (Å²) in [7, 11) is 0. The minimum absolute atomic E-state index is 0.0495. The topological polar surface area (TPSA) is 49.4 Å². The zero-order valence-electron chi connectivity index (χ0n) is 17.9. The van der Waals surface area contributed by atoms with E-state index in [9.17, 15) is 14.0 Å². The van der Waals surface area contributed by atoms with Crippen LogP contribution in [0.5, 0.6) is 0 Å². The smallest absolute Gasteiger partial charge is 0.225 e. The van der Waals surface area contributed by atoms with Crippen molar-refractivity contribution in [3.63, 3.8) is 0 Å². The van der Waals surface area contributed by atoms with Gasteiger partial charge in [-0.15, -0.1) is 0 Å². The number of piperidine rings is 1. The standard InChI is InChI=1S/C27H27FN2O2/c28-23-13-11-20(12-14-23)17-18-29-27(32)24-15-16-25(31)30(19-21-7-3-1-4-8-21)26(24)22-9-5-2-6-10-22/h1-14,24,26H,15-19H2,(H,29,32)/t24-,26+/m0/s1. The number of hydrogen-bond acceptors (Lipinski definition) is 2. The summed E-state index contributed by atoms with van der Waals surface area (Å²) in [5.41, 5.74) is 2.98. The van der Waals surface area contributed by atoms with Crippen LogP contribution in [0.1, 0.15) is 35.6 Å². The molecule has 2 atom stereocenters. The van der Waals surface area contributed by atoms with Crippen LogP contribution in [-0.4, -0.2) is 23.3 Å². The number of rotatable bonds is 7. The molecule has 1 heterocycles. The summed E-state index contributed by atoms with van der Waals surface area (Å²) in [6.45, 7) is 0.938. The van der Waals surface area contributed by atoms with E-state index >= 15 is 0 Å². The SMILES string of the molecule is O=C(NCCc1ccc(F)cc1)[C@H]1CCC(=O)N(Cc2ccccc2)[C@@H]1c1ccccc1. The number of hydrogen-bond donors (Lipinski definition) is 1. The van der Waals surface area contributed by atoms with Crippen LogP contribution in [0.15, 0.2) is 84.9 Å². The van der Waals surface area contributed by atoms with Crippen LogP contribution in [0.4, 0.5) is 4.39 Å². The first kappa shape index (κ1) is 21.8. The zero-order chi connectivity index (χ0) is 22.3. The maximum absolute atomic E-state index is 13.2. The summed E-state index contributed by atoms with van der Waals surface area (Å²) in [5.74, 6) is -0.578. The summed E-state index contributed by atoms with van der Waals surface area (Å²) in [5, 5.41) is 3.04. The summed E-state index contributed by atoms with van der Waals surface area (Å²) < 4.78 is 13.1. The minimum Gasteiger partial charge on any atom is -0.355 e. The van der Waals surface area contributed by atoms with Crippen molar-refractivity contribution in [2.75, 3.05) is 6.54 Å². The van der Waals surface area contributed by atoms with E-state index in [2.05, 4.69) is 5.32 Å². The number of halogens is 1. The van der Waals surface area contributed by atoms with Gasteiger partial charge in [-0.3, -0.25) is 9.59 Å². The molecular weight excluding hydrogens is 403 g/mol. The fraction of sp³-hybridized carbons (Fsp3) is 0.259. The molecule has 0 spiro atoms. The van der Waals surface area contributed by atoms with Gasteiger partial charge in [0.1, 0.15) is 5.82 Å². The van der Waals surface area contributed by atoms with Gasteiger partial charge >= 0.3 is 0 Å². The van der Waals surface area contributed by atoms with Crippen LogP contribution in [0.3, 0.4) is 0 Å². The maximum atomic E-state index is 13.2. The minimum atomic E-state index is -0.327. The average molecular weight is 431 g/mol. The lowest BCUT2D eigenvalue weighted by Crippen LogP contribution is -2.48. The highest BCUT2D eigenvalue weighted by Crippen LogP contribution is 2.38. The molecule has 4 rings (SSSR count). The Morgan fingerprint density at radius 2 is 1.56 bits per heavy atom. The molecule has 2 amide bonds. The number of benzene rings is 3. The van der Waals surface area contributed by atoms with Crippen molar-refractivity contribution in [2.24, 2.45) is 5.92 Å². The van der Waals surface area contributed by atoms with Gasteiger partial charge < -0.3 is 10.2 Å². The van der Waals surface area contributed by atoms with Gasteiger partial charge in [-0.25, -0.2) is 4.39 Å². The second-order valence-corrected chi connectivity index (χ2v) is 8.18. The van der Waals surface area contributed by atoms with Crippen molar-refractivity contribution in [3.8, 4) is 0 Å². The predicted molar refractivity (Wildman–Crippen MR) is 122 cm³/mol. The fourth-order valence-corrected chi connectivity index (χ4v) is 4.37. The molecule has 0 unspecified atom stereocenters. The average Bonchev–Trinajstić information content (AvgIpc) is 2.82. The molecule has 32 heavy (non-hydrogen) atoms. The number of carbonyl (C=O) groups excluding carboxylic acids is 2. The van der Waals surface area contributed by atoms with Gasteiger partial charge in [-0.2, -0.15) is 0 Å². The summed E-state index contributed by atoms with van der Waals surface area (Å²) in [6.07, 6.45) is 1.50. The molecule has 1 N–H and O–H groups in total. The van der Waals surface area contributed by atoms with E-state index in [1.54, 1.807) is 12.1 Å². The molecule has 0 aliphatic carbocycles. The number of carbonyl (C=O) groups is 2. The highest BCUT2D eigenvalue weighted by Gasteiger charge is 2.40. The highest BCUT2D eigenvalue weighted by atomic mass is 19.1. The molecular formula is C27H27FN2O2. The molecule has 1 aliphatic rings. The summed E-state index contributed by atoms with van der Waals surface area (Å²) in [6, 6.07) is 25.7. The first-order valence-electron chi connectivity index (χ1n) is 11.0. The Labute approximate surface area is 188 Å². The van der Waals surface area contributed by atoms with Gasteiger partial charge in [0.15, 0.2) is 0 Å². The van der Waals surface area contributed by atoms with Crippen LogP contribution in [0, 0.1) is 11.7 Å². The largest absolute Gasteiger partial charge is 0.355 e. The third kappa shape index (κ3) is 5.22. The van der Waals surface area contributed by atoms with Crippen molar-refractivity contribution in [1.82, 2.24) is 10.2 Å². The number of nitrogens with one attached hydrogen (secondary N) is 1. The first-order chi connectivity index (χ1) is 15.6. The molecule has 0 bridgehead atoms. The molecule has 1 fully saturated rings. The lowest BCUT2D eigenvalue weighted by Gasteiger charge is -2.41. The second-order valence-electron chi connectivity index (χ2n) is 8.18. The number of nitrogens with zero attached hydrogens (tertiary/aromatic N) is 1. The Morgan fingerprint density at radius 3 is 2.25 bits per heavy atom. The van der Waals surface area contributed by atoms with E-state index in [4.69, 9.17) is 0 Å². The van der Waals surface area contributed by atoms with Crippen LogP contribution in [0.2, 0.25) is 0 Å². The Balaban J connectivity index is 1.51. The van der Waals surface area contributed by atoms with Crippen molar-refractivity contribution in [1.29, 1.82) is 0 Å². The van der Waals surface area contributed by atoms with E-state index < -0.39 is 0 Å². The van der Waals surface area contributed by atoms with Gasteiger partial charge in [-0.05, 0) is 41.7 Å². The molecule has 1 saturated heterocycles. The lowest BCUT2D eigenvalue weighted by molar-refractivity contribution is -0.144. The Kier molecular flexibility index (Phi) is 6.95. The fourth-order valence-electron chi connectivity index (χ4n) is 4.37. The predicted octanol–water partition coefficient (Wildman–Crippen LogP) is 4.66. The van der Waals surface area contributed by atoms with E-state index in [0.29, 0.717) is 32.4 Å². The van der Waals surface area contributed by atoms with Crippen LogP contribution < -0.4 is 5.32 Å². The molecule has 164 valence electrons. The third-order valence-corrected chi connectivity index (χ3v) is 6.01. The Bertz CT molecular complexity index is 1040. The number of likely N-dealkylation sites (tertiary alicyclic amines) is 1. The second kappa shape index (κ2) is 10.2. The van der Waals surface area contributed by atoms with E-state index in [1.165, 1.54) is 12.1 Å². The molecule has 4 nitrogen and oxygen atoms in total. The maximum Gasteiger partial charge on any atom is 0.225 e. The highest BCUT2D eigenvalue weighted by molar-refractivity contribution is 5.85. The molecule has 1 aliphatic heterocycles. The van der Waals surface area contributed by atoms with Crippen molar-refractivity contribution in [3.05, 3.63) is 107 Å². The van der Waals surface area contributed by atoms with Crippen molar-refractivity contribution in [2.45, 2.75) is 31.8 Å². The van der Waals surface area contributed by atoms with Gasteiger partial charge in [0, 0.05) is 19.5 Å². The normalized spacial score (nSPS) is 18.4. The lowest BCUT2D eigenvalue weighted by atomic mass is 9.83. The molecule has 5 heteroatoms. The molecule has 0 aromatic heterocycles. The summed E-state index contributed by atoms with van der Waals surface area (Å²) >= 11 is 0. The summed E-state index contributed by atoms with van der Waals surface area (Å²) in [4.78, 5) is 28.0. The first-order valence-corrected chi connectivity index (χ1v) is 11.0. The Hall–Kier alpha value is -3.47. The quantitative estimate of drug-likeness (QED) is 0.593. The van der Waals surface area contributed by atoms with E-state index in [1.807, 2.05) is 65.6 Å². The molecule has 3 aromatic rings. The van der Waals surface area contributed by atoms with Gasteiger partial charge in [0.2, 0.25) is 11.8 Å². The van der Waals surface area contributed by atoms with Gasteiger partial charge in [0.05, 0.1) is 12.0 Å². The third-order valence-electron chi connectivity index (χ3n) is 6.01. The molecule has 0 saturated carbocycles. The van der Waals surface area contributed by atoms with Crippen LogP contribution in [-0.2, 0) is 22.6 Å². The van der Waals surface area contributed by atoms with Crippen molar-refractivity contribution >= 4 is 11.8 Å². The van der Waals surface area contributed by atoms with E-state index in [-0.39, 0.29) is 29.6 Å². The molecule has 0 radical (unpaired) electrons. The van der Waals surface area contributed by atoms with Crippen LogP contribution >= 0.6 is 0 Å². The van der Waals surface area contributed by atoms with Gasteiger partial charge in [0.25, 0.3) is 0 Å².